The SMILES string of the molecule is O=[N+]([O-])c1cc(C=Nc2ccc3oc(-c4cc(Cl)ccc4Cl)nc3c2)ccc1Br. The number of hydrogen-bond acceptors (Lipinski definition) is 5. The molecule has 6 nitrogen and oxygen atoms in total. The Morgan fingerprint density at radius 3 is 2.72 bits per heavy atom. The van der Waals surface area contributed by atoms with Gasteiger partial charge in [0.1, 0.15) is 5.52 Å². The quantitative estimate of drug-likeness (QED) is 0.172. The Bertz CT molecular complexity index is 1290. The lowest BCUT2D eigenvalue weighted by atomic mass is 10.2. The molecule has 3 aromatic carbocycles. The van der Waals surface area contributed by atoms with Crippen LogP contribution in [0.5, 0.6) is 0 Å². The Kier molecular flexibility index (Phi) is 5.36. The molecular formula is C20H10BrCl2N3O3. The van der Waals surface area contributed by atoms with Gasteiger partial charge < -0.3 is 4.42 Å². The Hall–Kier alpha value is -2.74. The fourth-order valence-electron chi connectivity index (χ4n) is 2.67. The first-order valence-corrected chi connectivity index (χ1v) is 9.79. The number of fused-ring (bicyclic) bond motifs is 1. The largest absolute Gasteiger partial charge is 0.436 e. The van der Waals surface area contributed by atoms with Gasteiger partial charge in [0.2, 0.25) is 5.89 Å². The molecule has 0 spiro atoms. The molecule has 1 heterocycles. The molecule has 0 aliphatic carbocycles. The predicted molar refractivity (Wildman–Crippen MR) is 118 cm³/mol. The fourth-order valence-corrected chi connectivity index (χ4v) is 3.43. The molecular weight excluding hydrogens is 481 g/mol. The normalized spacial score (nSPS) is 11.4. The molecule has 4 aromatic rings. The molecule has 0 aliphatic rings. The number of halogens is 3. The summed E-state index contributed by atoms with van der Waals surface area (Å²) in [5, 5.41) is 12.1. The second kappa shape index (κ2) is 7.94. The van der Waals surface area contributed by atoms with E-state index in [2.05, 4.69) is 25.9 Å². The first kappa shape index (κ1) is 19.6. The van der Waals surface area contributed by atoms with Crippen LogP contribution in [0.15, 0.2) is 68.5 Å². The van der Waals surface area contributed by atoms with E-state index in [9.17, 15) is 10.1 Å². The van der Waals surface area contributed by atoms with Crippen LogP contribution < -0.4 is 0 Å². The minimum Gasteiger partial charge on any atom is -0.436 e. The molecule has 0 N–H and O–H groups in total. The van der Waals surface area contributed by atoms with Crippen LogP contribution in [0.3, 0.4) is 0 Å². The van der Waals surface area contributed by atoms with Crippen LogP contribution in [0.2, 0.25) is 10.0 Å². The van der Waals surface area contributed by atoms with Crippen molar-refractivity contribution >= 4 is 67.8 Å². The molecule has 0 radical (unpaired) electrons. The van der Waals surface area contributed by atoms with E-state index in [1.807, 2.05) is 0 Å². The first-order valence-electron chi connectivity index (χ1n) is 8.25. The highest BCUT2D eigenvalue weighted by molar-refractivity contribution is 9.10. The van der Waals surface area contributed by atoms with Crippen molar-refractivity contribution in [1.82, 2.24) is 4.98 Å². The summed E-state index contributed by atoms with van der Waals surface area (Å²) in [5.41, 5.74) is 2.99. The summed E-state index contributed by atoms with van der Waals surface area (Å²) < 4.78 is 6.19. The van der Waals surface area contributed by atoms with E-state index in [0.29, 0.717) is 48.3 Å². The van der Waals surface area contributed by atoms with Crippen molar-refractivity contribution in [3.05, 3.63) is 84.8 Å². The molecule has 0 saturated carbocycles. The van der Waals surface area contributed by atoms with Crippen LogP contribution in [0, 0.1) is 10.1 Å². The van der Waals surface area contributed by atoms with E-state index < -0.39 is 4.92 Å². The lowest BCUT2D eigenvalue weighted by molar-refractivity contribution is -0.385. The number of nitro benzene ring substituents is 1. The van der Waals surface area contributed by atoms with Gasteiger partial charge in [-0.25, -0.2) is 4.98 Å². The third-order valence-corrected chi connectivity index (χ3v) is 5.29. The predicted octanol–water partition coefficient (Wildman–Crippen LogP) is 7.22. The van der Waals surface area contributed by atoms with E-state index in [4.69, 9.17) is 27.6 Å². The summed E-state index contributed by atoms with van der Waals surface area (Å²) in [6.45, 7) is 0. The number of rotatable bonds is 4. The average molecular weight is 491 g/mol. The van der Waals surface area contributed by atoms with Crippen molar-refractivity contribution in [2.45, 2.75) is 0 Å². The summed E-state index contributed by atoms with van der Waals surface area (Å²) in [6.07, 6.45) is 1.55. The molecule has 0 fully saturated rings. The summed E-state index contributed by atoms with van der Waals surface area (Å²) in [7, 11) is 0. The molecule has 4 rings (SSSR count). The lowest BCUT2D eigenvalue weighted by Gasteiger charge is -1.99. The highest BCUT2D eigenvalue weighted by Gasteiger charge is 2.13. The van der Waals surface area contributed by atoms with Gasteiger partial charge in [0.25, 0.3) is 5.69 Å². The standard InChI is InChI=1S/C20H10BrCl2N3O3/c21-15-4-1-11(7-18(15)26(27)28)10-24-13-3-6-19-17(9-13)25-20(29-19)14-8-12(22)2-5-16(14)23/h1-10H. The zero-order chi connectivity index (χ0) is 20.5. The topological polar surface area (TPSA) is 81.5 Å². The van der Waals surface area contributed by atoms with Crippen LogP contribution >= 0.6 is 39.1 Å². The highest BCUT2D eigenvalue weighted by Crippen LogP contribution is 2.33. The van der Waals surface area contributed by atoms with Gasteiger partial charge in [-0.3, -0.25) is 15.1 Å². The van der Waals surface area contributed by atoms with E-state index in [1.165, 1.54) is 6.07 Å². The van der Waals surface area contributed by atoms with Crippen LogP contribution in [-0.2, 0) is 0 Å². The summed E-state index contributed by atoms with van der Waals surface area (Å²) >= 11 is 15.4. The molecule has 9 heteroatoms. The minimum atomic E-state index is -0.453. The van der Waals surface area contributed by atoms with Crippen LogP contribution in [0.4, 0.5) is 11.4 Å². The monoisotopic (exact) mass is 489 g/mol. The molecule has 29 heavy (non-hydrogen) atoms. The van der Waals surface area contributed by atoms with Gasteiger partial charge in [0.15, 0.2) is 5.58 Å². The van der Waals surface area contributed by atoms with Gasteiger partial charge >= 0.3 is 0 Å². The zero-order valence-corrected chi connectivity index (χ0v) is 17.6. The number of nitro groups is 1. The molecule has 0 amide bonds. The van der Waals surface area contributed by atoms with Gasteiger partial charge in [-0.2, -0.15) is 0 Å². The third-order valence-electron chi connectivity index (χ3n) is 4.06. The van der Waals surface area contributed by atoms with Crippen LogP contribution in [0.25, 0.3) is 22.6 Å². The summed E-state index contributed by atoms with van der Waals surface area (Å²) in [6, 6.07) is 15.1. The third kappa shape index (κ3) is 4.17. The molecule has 0 aliphatic heterocycles. The van der Waals surface area contributed by atoms with Crippen molar-refractivity contribution in [2.24, 2.45) is 4.99 Å². The van der Waals surface area contributed by atoms with Gasteiger partial charge in [-0.15, -0.1) is 0 Å². The summed E-state index contributed by atoms with van der Waals surface area (Å²) in [5.74, 6) is 0.358. The van der Waals surface area contributed by atoms with Crippen molar-refractivity contribution in [3.63, 3.8) is 0 Å². The van der Waals surface area contributed by atoms with E-state index >= 15 is 0 Å². The van der Waals surface area contributed by atoms with Crippen LogP contribution in [0.1, 0.15) is 5.56 Å². The maximum absolute atomic E-state index is 11.1. The lowest BCUT2D eigenvalue weighted by Crippen LogP contribution is -1.91. The molecule has 0 atom stereocenters. The highest BCUT2D eigenvalue weighted by atomic mass is 79.9. The Morgan fingerprint density at radius 1 is 1.10 bits per heavy atom. The molecule has 144 valence electrons. The number of aliphatic imine (C=N–C) groups is 1. The number of nitrogens with zero attached hydrogens (tertiary/aromatic N) is 3. The van der Waals surface area contributed by atoms with Crippen molar-refractivity contribution < 1.29 is 9.34 Å². The minimum absolute atomic E-state index is 0.0241. The fraction of sp³-hybridized carbons (Fsp3) is 0. The van der Waals surface area contributed by atoms with E-state index in [-0.39, 0.29) is 5.69 Å². The summed E-state index contributed by atoms with van der Waals surface area (Å²) in [4.78, 5) is 19.4. The van der Waals surface area contributed by atoms with Crippen molar-refractivity contribution in [1.29, 1.82) is 0 Å². The van der Waals surface area contributed by atoms with Crippen LogP contribution in [-0.4, -0.2) is 16.1 Å². The smallest absolute Gasteiger partial charge is 0.284 e. The van der Waals surface area contributed by atoms with Gasteiger partial charge in [-0.05, 0) is 64.0 Å². The first-order chi connectivity index (χ1) is 13.9. The molecule has 0 bridgehead atoms. The maximum Gasteiger partial charge on any atom is 0.284 e. The Balaban J connectivity index is 1.66. The van der Waals surface area contributed by atoms with Gasteiger partial charge in [0, 0.05) is 17.3 Å². The van der Waals surface area contributed by atoms with Crippen molar-refractivity contribution in [2.75, 3.05) is 0 Å². The maximum atomic E-state index is 11.1. The zero-order valence-electron chi connectivity index (χ0n) is 14.5. The Morgan fingerprint density at radius 2 is 1.93 bits per heavy atom. The van der Waals surface area contributed by atoms with Gasteiger partial charge in [0.05, 0.1) is 25.7 Å². The second-order valence-electron chi connectivity index (χ2n) is 6.02. The van der Waals surface area contributed by atoms with Crippen molar-refractivity contribution in [3.8, 4) is 11.5 Å². The molecule has 1 aromatic heterocycles. The molecule has 0 saturated heterocycles. The number of oxazole rings is 1. The number of benzene rings is 3. The van der Waals surface area contributed by atoms with E-state index in [0.717, 1.165) is 0 Å². The molecule has 0 unspecified atom stereocenters. The van der Waals surface area contributed by atoms with E-state index in [1.54, 1.807) is 54.7 Å². The number of hydrogen-bond donors (Lipinski definition) is 0. The van der Waals surface area contributed by atoms with Gasteiger partial charge in [-0.1, -0.05) is 29.3 Å². The average Bonchev–Trinajstić information content (AvgIpc) is 3.12. The Labute approximate surface area is 183 Å². The number of aromatic nitrogens is 1. The second-order valence-corrected chi connectivity index (χ2v) is 7.72.